The molecule has 130 valence electrons. The van der Waals surface area contributed by atoms with Gasteiger partial charge in [-0.3, -0.25) is 4.79 Å². The van der Waals surface area contributed by atoms with Gasteiger partial charge in [0.05, 0.1) is 5.69 Å². The SMILES string of the molecule is O=C(NCC1CC(=O)N(Cc2ccccc2)C1)Nc1ccccc1F. The number of para-hydroxylation sites is 1. The van der Waals surface area contributed by atoms with E-state index in [1.54, 1.807) is 17.0 Å². The van der Waals surface area contributed by atoms with Gasteiger partial charge in [-0.25, -0.2) is 9.18 Å². The lowest BCUT2D eigenvalue weighted by molar-refractivity contribution is -0.128. The second-order valence-electron chi connectivity index (χ2n) is 6.14. The zero-order chi connectivity index (χ0) is 17.6. The molecule has 1 aliphatic rings. The van der Waals surface area contributed by atoms with Gasteiger partial charge in [-0.15, -0.1) is 0 Å². The van der Waals surface area contributed by atoms with E-state index in [-0.39, 0.29) is 17.5 Å². The Kier molecular flexibility index (Phi) is 5.28. The molecule has 6 heteroatoms. The van der Waals surface area contributed by atoms with Crippen LogP contribution in [0, 0.1) is 11.7 Å². The van der Waals surface area contributed by atoms with Gasteiger partial charge in [0.1, 0.15) is 5.82 Å². The first kappa shape index (κ1) is 17.0. The van der Waals surface area contributed by atoms with Crippen LogP contribution in [0.3, 0.4) is 0 Å². The van der Waals surface area contributed by atoms with E-state index in [2.05, 4.69) is 10.6 Å². The van der Waals surface area contributed by atoms with E-state index in [1.165, 1.54) is 12.1 Å². The highest BCUT2D eigenvalue weighted by Gasteiger charge is 2.29. The van der Waals surface area contributed by atoms with Crippen molar-refractivity contribution in [1.82, 2.24) is 10.2 Å². The third kappa shape index (κ3) is 4.56. The molecule has 2 aromatic rings. The molecule has 1 unspecified atom stereocenters. The maximum atomic E-state index is 13.5. The predicted molar refractivity (Wildman–Crippen MR) is 93.4 cm³/mol. The average molecular weight is 341 g/mol. The number of urea groups is 1. The van der Waals surface area contributed by atoms with Crippen LogP contribution >= 0.6 is 0 Å². The smallest absolute Gasteiger partial charge is 0.319 e. The number of anilines is 1. The molecule has 3 amide bonds. The van der Waals surface area contributed by atoms with Gasteiger partial charge in [-0.05, 0) is 17.7 Å². The Bertz CT molecular complexity index is 751. The van der Waals surface area contributed by atoms with Crippen molar-refractivity contribution in [3.63, 3.8) is 0 Å². The van der Waals surface area contributed by atoms with Crippen LogP contribution in [-0.2, 0) is 11.3 Å². The van der Waals surface area contributed by atoms with E-state index in [1.807, 2.05) is 30.3 Å². The first-order valence-electron chi connectivity index (χ1n) is 8.23. The predicted octanol–water partition coefficient (Wildman–Crippen LogP) is 3.00. The summed E-state index contributed by atoms with van der Waals surface area (Å²) in [4.78, 5) is 25.8. The lowest BCUT2D eigenvalue weighted by Gasteiger charge is -2.17. The van der Waals surface area contributed by atoms with Crippen molar-refractivity contribution in [2.75, 3.05) is 18.4 Å². The summed E-state index contributed by atoms with van der Waals surface area (Å²) in [5.41, 5.74) is 1.22. The molecule has 0 spiro atoms. The number of halogens is 1. The molecule has 0 bridgehead atoms. The fourth-order valence-electron chi connectivity index (χ4n) is 2.91. The van der Waals surface area contributed by atoms with Crippen molar-refractivity contribution in [1.29, 1.82) is 0 Å². The molecule has 1 saturated heterocycles. The molecule has 0 saturated carbocycles. The number of carbonyl (C=O) groups is 2. The van der Waals surface area contributed by atoms with Crippen molar-refractivity contribution in [3.8, 4) is 0 Å². The summed E-state index contributed by atoms with van der Waals surface area (Å²) < 4.78 is 13.5. The number of carbonyl (C=O) groups excluding carboxylic acids is 2. The topological polar surface area (TPSA) is 61.4 Å². The molecule has 0 aromatic heterocycles. The number of amides is 3. The second-order valence-corrected chi connectivity index (χ2v) is 6.14. The molecule has 2 N–H and O–H groups in total. The third-order valence-electron chi connectivity index (χ3n) is 4.18. The summed E-state index contributed by atoms with van der Waals surface area (Å²) in [5, 5.41) is 5.18. The number of nitrogens with zero attached hydrogens (tertiary/aromatic N) is 1. The number of benzene rings is 2. The largest absolute Gasteiger partial charge is 0.338 e. The molecule has 3 rings (SSSR count). The van der Waals surface area contributed by atoms with E-state index in [9.17, 15) is 14.0 Å². The van der Waals surface area contributed by atoms with Gasteiger partial charge in [-0.2, -0.15) is 0 Å². The second kappa shape index (κ2) is 7.79. The van der Waals surface area contributed by atoms with E-state index >= 15 is 0 Å². The molecule has 0 radical (unpaired) electrons. The van der Waals surface area contributed by atoms with Gasteiger partial charge < -0.3 is 15.5 Å². The maximum absolute atomic E-state index is 13.5. The van der Waals surface area contributed by atoms with Crippen molar-refractivity contribution < 1.29 is 14.0 Å². The zero-order valence-electron chi connectivity index (χ0n) is 13.7. The number of likely N-dealkylation sites (tertiary alicyclic amines) is 1. The van der Waals surface area contributed by atoms with Crippen LogP contribution in [-0.4, -0.2) is 29.9 Å². The van der Waals surface area contributed by atoms with Crippen molar-refractivity contribution >= 4 is 17.6 Å². The number of nitrogens with one attached hydrogen (secondary N) is 2. The zero-order valence-corrected chi connectivity index (χ0v) is 13.7. The van der Waals surface area contributed by atoms with E-state index in [4.69, 9.17) is 0 Å². The van der Waals surface area contributed by atoms with Crippen LogP contribution in [0.1, 0.15) is 12.0 Å². The fraction of sp³-hybridized carbons (Fsp3) is 0.263. The highest BCUT2D eigenvalue weighted by molar-refractivity contribution is 5.89. The summed E-state index contributed by atoms with van der Waals surface area (Å²) in [7, 11) is 0. The van der Waals surface area contributed by atoms with Crippen LogP contribution in [0.15, 0.2) is 54.6 Å². The van der Waals surface area contributed by atoms with Crippen LogP contribution < -0.4 is 10.6 Å². The summed E-state index contributed by atoms with van der Waals surface area (Å²) in [6, 6.07) is 15.3. The number of hydrogen-bond donors (Lipinski definition) is 2. The highest BCUT2D eigenvalue weighted by Crippen LogP contribution is 2.19. The number of hydrogen-bond acceptors (Lipinski definition) is 2. The molecular weight excluding hydrogens is 321 g/mol. The molecule has 1 atom stereocenters. The van der Waals surface area contributed by atoms with E-state index in [0.717, 1.165) is 5.56 Å². The Balaban J connectivity index is 1.47. The minimum Gasteiger partial charge on any atom is -0.338 e. The first-order chi connectivity index (χ1) is 12.1. The summed E-state index contributed by atoms with van der Waals surface area (Å²) >= 11 is 0. The molecular formula is C19H20FN3O2. The van der Waals surface area contributed by atoms with Crippen molar-refractivity contribution in [2.24, 2.45) is 5.92 Å². The van der Waals surface area contributed by atoms with Crippen molar-refractivity contribution in [2.45, 2.75) is 13.0 Å². The van der Waals surface area contributed by atoms with Crippen LogP contribution in [0.4, 0.5) is 14.9 Å². The standard InChI is InChI=1S/C19H20FN3O2/c20-16-8-4-5-9-17(16)22-19(25)21-11-15-10-18(24)23(13-15)12-14-6-2-1-3-7-14/h1-9,15H,10-13H2,(H2,21,22,25). The average Bonchev–Trinajstić information content (AvgIpc) is 2.96. The van der Waals surface area contributed by atoms with Crippen LogP contribution in [0.25, 0.3) is 0 Å². The van der Waals surface area contributed by atoms with Crippen molar-refractivity contribution in [3.05, 3.63) is 66.0 Å². The van der Waals surface area contributed by atoms with E-state index < -0.39 is 11.8 Å². The molecule has 2 aromatic carbocycles. The lowest BCUT2D eigenvalue weighted by Crippen LogP contribution is -2.34. The van der Waals surface area contributed by atoms with Crippen LogP contribution in [0.2, 0.25) is 0 Å². The normalized spacial score (nSPS) is 16.8. The van der Waals surface area contributed by atoms with Gasteiger partial charge in [0.15, 0.2) is 0 Å². The quantitative estimate of drug-likeness (QED) is 0.878. The maximum Gasteiger partial charge on any atom is 0.319 e. The summed E-state index contributed by atoms with van der Waals surface area (Å²) in [5.74, 6) is -0.338. The van der Waals surface area contributed by atoms with Gasteiger partial charge in [0.2, 0.25) is 5.91 Å². The Labute approximate surface area is 145 Å². The van der Waals surface area contributed by atoms with Gasteiger partial charge in [-0.1, -0.05) is 42.5 Å². The molecule has 1 aliphatic heterocycles. The molecule has 5 nitrogen and oxygen atoms in total. The van der Waals surface area contributed by atoms with E-state index in [0.29, 0.717) is 26.1 Å². The lowest BCUT2D eigenvalue weighted by atomic mass is 10.1. The Morgan fingerprint density at radius 2 is 1.84 bits per heavy atom. The Morgan fingerprint density at radius 1 is 1.12 bits per heavy atom. The minimum atomic E-state index is -0.484. The van der Waals surface area contributed by atoms with Crippen LogP contribution in [0.5, 0.6) is 0 Å². The third-order valence-corrected chi connectivity index (χ3v) is 4.18. The minimum absolute atomic E-state index is 0.0579. The fourth-order valence-corrected chi connectivity index (χ4v) is 2.91. The Hall–Kier alpha value is -2.89. The van der Waals surface area contributed by atoms with Gasteiger partial charge in [0.25, 0.3) is 0 Å². The number of rotatable bonds is 5. The molecule has 1 heterocycles. The van der Waals surface area contributed by atoms with Gasteiger partial charge >= 0.3 is 6.03 Å². The summed E-state index contributed by atoms with van der Waals surface area (Å²) in [6.45, 7) is 1.56. The molecule has 25 heavy (non-hydrogen) atoms. The first-order valence-corrected chi connectivity index (χ1v) is 8.23. The Morgan fingerprint density at radius 3 is 2.60 bits per heavy atom. The highest BCUT2D eigenvalue weighted by atomic mass is 19.1. The molecule has 0 aliphatic carbocycles. The summed E-state index contributed by atoms with van der Waals surface area (Å²) in [6.07, 6.45) is 0.410. The monoisotopic (exact) mass is 341 g/mol. The molecule has 1 fully saturated rings. The van der Waals surface area contributed by atoms with Gasteiger partial charge in [0, 0.05) is 32.0 Å².